The summed E-state index contributed by atoms with van der Waals surface area (Å²) in [6, 6.07) is 0. The van der Waals surface area contributed by atoms with Gasteiger partial charge in [0, 0.05) is 31.0 Å². The van der Waals surface area contributed by atoms with Gasteiger partial charge in [-0.3, -0.25) is 4.68 Å². The number of aromatic nitrogens is 4. The maximum Gasteiger partial charge on any atom is 0.343 e. The van der Waals surface area contributed by atoms with Crippen LogP contribution < -0.4 is 5.32 Å². The summed E-state index contributed by atoms with van der Waals surface area (Å²) < 4.78 is 6.87. The zero-order valence-electron chi connectivity index (χ0n) is 13.6. The molecule has 0 saturated carbocycles. The zero-order chi connectivity index (χ0) is 16.3. The second-order valence-electron chi connectivity index (χ2n) is 5.03. The van der Waals surface area contributed by atoms with Crippen LogP contribution in [0.25, 0.3) is 0 Å². The molecule has 0 saturated heterocycles. The summed E-state index contributed by atoms with van der Waals surface area (Å²) in [5.74, 6) is 0.647. The maximum atomic E-state index is 12.0. The number of hydrogen-bond donors (Lipinski definition) is 1. The average molecular weight is 303 g/mol. The molecular weight excluding hydrogens is 282 g/mol. The lowest BCUT2D eigenvalue weighted by molar-refractivity contribution is 0.0526. The van der Waals surface area contributed by atoms with Crippen LogP contribution in [0.15, 0.2) is 6.20 Å². The van der Waals surface area contributed by atoms with Crippen molar-refractivity contribution in [2.45, 2.75) is 34.2 Å². The van der Waals surface area contributed by atoms with Gasteiger partial charge in [0.15, 0.2) is 0 Å². The van der Waals surface area contributed by atoms with Crippen LogP contribution in [0.1, 0.15) is 40.1 Å². The predicted molar refractivity (Wildman–Crippen MR) is 82.7 cm³/mol. The summed E-state index contributed by atoms with van der Waals surface area (Å²) in [7, 11) is 1.91. The molecule has 22 heavy (non-hydrogen) atoms. The van der Waals surface area contributed by atoms with Crippen LogP contribution in [0.4, 0.5) is 5.82 Å². The maximum absolute atomic E-state index is 12.0. The molecule has 7 heteroatoms. The first-order valence-electron chi connectivity index (χ1n) is 7.17. The number of anilines is 1. The molecule has 0 atom stereocenters. The number of hydrogen-bond acceptors (Lipinski definition) is 6. The van der Waals surface area contributed by atoms with Gasteiger partial charge in [0.2, 0.25) is 0 Å². The molecule has 118 valence electrons. The topological polar surface area (TPSA) is 81.9 Å². The minimum atomic E-state index is -0.426. The van der Waals surface area contributed by atoms with Crippen LogP contribution in [0.5, 0.6) is 0 Å². The van der Waals surface area contributed by atoms with E-state index in [0.717, 1.165) is 17.0 Å². The van der Waals surface area contributed by atoms with Crippen LogP contribution in [0.3, 0.4) is 0 Å². The van der Waals surface area contributed by atoms with Gasteiger partial charge in [-0.15, -0.1) is 0 Å². The van der Waals surface area contributed by atoms with E-state index < -0.39 is 5.97 Å². The Bertz CT molecular complexity index is 693. The molecule has 2 aromatic rings. The van der Waals surface area contributed by atoms with Gasteiger partial charge in [-0.25, -0.2) is 14.8 Å². The van der Waals surface area contributed by atoms with E-state index in [0.29, 0.717) is 30.4 Å². The van der Waals surface area contributed by atoms with Gasteiger partial charge in [0.25, 0.3) is 0 Å². The first-order chi connectivity index (χ1) is 10.4. The number of nitrogens with zero attached hydrogens (tertiary/aromatic N) is 4. The van der Waals surface area contributed by atoms with Crippen LogP contribution in [-0.2, 0) is 18.3 Å². The highest BCUT2D eigenvalue weighted by Crippen LogP contribution is 2.17. The van der Waals surface area contributed by atoms with Gasteiger partial charge in [-0.1, -0.05) is 0 Å². The van der Waals surface area contributed by atoms with E-state index in [1.807, 2.05) is 25.6 Å². The van der Waals surface area contributed by atoms with Crippen LogP contribution in [0, 0.1) is 20.8 Å². The molecule has 0 radical (unpaired) electrons. The molecule has 0 spiro atoms. The van der Waals surface area contributed by atoms with Crippen LogP contribution in [0.2, 0.25) is 0 Å². The van der Waals surface area contributed by atoms with Crippen molar-refractivity contribution in [2.75, 3.05) is 11.9 Å². The Kier molecular flexibility index (Phi) is 4.75. The van der Waals surface area contributed by atoms with E-state index in [2.05, 4.69) is 20.4 Å². The lowest BCUT2D eigenvalue weighted by Gasteiger charge is -2.11. The van der Waals surface area contributed by atoms with Gasteiger partial charge in [-0.2, -0.15) is 5.10 Å². The van der Waals surface area contributed by atoms with Gasteiger partial charge in [0.1, 0.15) is 17.2 Å². The van der Waals surface area contributed by atoms with E-state index >= 15 is 0 Å². The highest BCUT2D eigenvalue weighted by atomic mass is 16.5. The lowest BCUT2D eigenvalue weighted by atomic mass is 10.2. The van der Waals surface area contributed by atoms with Crippen LogP contribution in [-0.4, -0.2) is 32.3 Å². The number of nitrogens with one attached hydrogen (secondary N) is 1. The molecule has 0 aliphatic carbocycles. The van der Waals surface area contributed by atoms with E-state index in [9.17, 15) is 4.79 Å². The molecule has 0 aromatic carbocycles. The normalized spacial score (nSPS) is 10.6. The van der Waals surface area contributed by atoms with Gasteiger partial charge in [-0.05, 0) is 27.7 Å². The van der Waals surface area contributed by atoms with E-state index in [1.165, 1.54) is 6.20 Å². The molecule has 0 aliphatic rings. The number of esters is 1. The molecular formula is C15H21N5O2. The number of aryl methyl sites for hydroxylation is 3. The number of rotatable bonds is 5. The average Bonchev–Trinajstić information content (AvgIpc) is 2.70. The SMILES string of the molecule is CCOC(=O)c1cnc(C)nc1NCc1c(C)nn(C)c1C. The molecule has 1 N–H and O–H groups in total. The van der Waals surface area contributed by atoms with Gasteiger partial charge >= 0.3 is 5.97 Å². The van der Waals surface area contributed by atoms with Crippen molar-refractivity contribution in [3.63, 3.8) is 0 Å². The first-order valence-corrected chi connectivity index (χ1v) is 7.17. The summed E-state index contributed by atoms with van der Waals surface area (Å²) in [6.07, 6.45) is 1.49. The monoisotopic (exact) mass is 303 g/mol. The molecule has 0 aliphatic heterocycles. The Morgan fingerprint density at radius 2 is 2.09 bits per heavy atom. The highest BCUT2D eigenvalue weighted by molar-refractivity contribution is 5.94. The Hall–Kier alpha value is -2.44. The summed E-state index contributed by atoms with van der Waals surface area (Å²) >= 11 is 0. The van der Waals surface area contributed by atoms with Crippen molar-refractivity contribution in [1.29, 1.82) is 0 Å². The summed E-state index contributed by atoms with van der Waals surface area (Å²) in [6.45, 7) is 8.36. The summed E-state index contributed by atoms with van der Waals surface area (Å²) in [5, 5.41) is 7.58. The van der Waals surface area contributed by atoms with Crippen molar-refractivity contribution < 1.29 is 9.53 Å². The van der Waals surface area contributed by atoms with Crippen molar-refractivity contribution in [3.05, 3.63) is 34.5 Å². The third-order valence-electron chi connectivity index (χ3n) is 3.50. The molecule has 0 fully saturated rings. The molecule has 0 amide bonds. The largest absolute Gasteiger partial charge is 0.462 e. The highest BCUT2D eigenvalue weighted by Gasteiger charge is 2.16. The van der Waals surface area contributed by atoms with E-state index in [4.69, 9.17) is 4.74 Å². The Labute approximate surface area is 129 Å². The quantitative estimate of drug-likeness (QED) is 0.850. The van der Waals surface area contributed by atoms with E-state index in [-0.39, 0.29) is 0 Å². The molecule has 2 heterocycles. The van der Waals surface area contributed by atoms with E-state index in [1.54, 1.807) is 13.8 Å². The minimum absolute atomic E-state index is 0.312. The molecule has 0 bridgehead atoms. The molecule has 0 unspecified atom stereocenters. The molecule has 7 nitrogen and oxygen atoms in total. The Morgan fingerprint density at radius 3 is 2.68 bits per heavy atom. The van der Waals surface area contributed by atoms with Gasteiger partial charge in [0.05, 0.1) is 12.3 Å². The standard InChI is InChI=1S/C15H21N5O2/c1-6-22-15(21)13-8-16-11(4)18-14(13)17-7-12-9(2)19-20(5)10(12)3/h8H,6-7H2,1-5H3,(H,16,17,18). The second-order valence-corrected chi connectivity index (χ2v) is 5.03. The fraction of sp³-hybridized carbons (Fsp3) is 0.467. The summed E-state index contributed by atoms with van der Waals surface area (Å²) in [4.78, 5) is 20.3. The number of ether oxygens (including phenoxy) is 1. The first kappa shape index (κ1) is 15.9. The smallest absolute Gasteiger partial charge is 0.343 e. The Balaban J connectivity index is 2.25. The summed E-state index contributed by atoms with van der Waals surface area (Å²) in [5.41, 5.74) is 3.46. The fourth-order valence-electron chi connectivity index (χ4n) is 2.21. The second kappa shape index (κ2) is 6.55. The lowest BCUT2D eigenvalue weighted by Crippen LogP contribution is -2.13. The third-order valence-corrected chi connectivity index (χ3v) is 3.50. The third kappa shape index (κ3) is 3.24. The Morgan fingerprint density at radius 1 is 1.36 bits per heavy atom. The number of carbonyl (C=O) groups is 1. The fourth-order valence-corrected chi connectivity index (χ4v) is 2.21. The van der Waals surface area contributed by atoms with Crippen molar-refractivity contribution in [1.82, 2.24) is 19.7 Å². The minimum Gasteiger partial charge on any atom is -0.462 e. The molecule has 2 aromatic heterocycles. The number of carbonyl (C=O) groups excluding carboxylic acids is 1. The van der Waals surface area contributed by atoms with Crippen LogP contribution >= 0.6 is 0 Å². The van der Waals surface area contributed by atoms with Gasteiger partial charge < -0.3 is 10.1 Å². The van der Waals surface area contributed by atoms with Crippen molar-refractivity contribution in [2.24, 2.45) is 7.05 Å². The van der Waals surface area contributed by atoms with Crippen molar-refractivity contribution in [3.8, 4) is 0 Å². The molecule has 2 rings (SSSR count). The van der Waals surface area contributed by atoms with Crippen molar-refractivity contribution >= 4 is 11.8 Å². The zero-order valence-corrected chi connectivity index (χ0v) is 13.6. The predicted octanol–water partition coefficient (Wildman–Crippen LogP) is 1.92.